The Morgan fingerprint density at radius 2 is 2.14 bits per heavy atom. The van der Waals surface area contributed by atoms with Crippen molar-refractivity contribution in [3.05, 3.63) is 26.2 Å². The van der Waals surface area contributed by atoms with Gasteiger partial charge in [0.05, 0.1) is 5.56 Å². The predicted octanol–water partition coefficient (Wildman–Crippen LogP) is 2.69. The highest BCUT2D eigenvalue weighted by Crippen LogP contribution is 2.27. The van der Waals surface area contributed by atoms with Crippen LogP contribution in [0.15, 0.2) is 27.1 Å². The molecule has 0 saturated heterocycles. The van der Waals surface area contributed by atoms with Gasteiger partial charge in [-0.2, -0.15) is 0 Å². The molecule has 6 heteroatoms. The number of halogens is 2. The van der Waals surface area contributed by atoms with E-state index >= 15 is 0 Å². The zero-order valence-corrected chi connectivity index (χ0v) is 10.6. The van der Waals surface area contributed by atoms with Crippen LogP contribution in [-0.2, 0) is 0 Å². The molecular formula is C8H5BrIN3O. The van der Waals surface area contributed by atoms with E-state index in [0.29, 0.717) is 5.89 Å². The normalized spacial score (nSPS) is 10.4. The molecule has 0 atom stereocenters. The first-order chi connectivity index (χ1) is 6.66. The highest BCUT2D eigenvalue weighted by atomic mass is 127. The molecule has 0 saturated carbocycles. The van der Waals surface area contributed by atoms with E-state index in [-0.39, 0.29) is 6.01 Å². The Bertz CT molecular complexity index is 471. The van der Waals surface area contributed by atoms with Crippen molar-refractivity contribution < 1.29 is 4.42 Å². The van der Waals surface area contributed by atoms with Crippen molar-refractivity contribution >= 4 is 44.5 Å². The van der Waals surface area contributed by atoms with Gasteiger partial charge in [0.25, 0.3) is 5.89 Å². The molecule has 0 fully saturated rings. The van der Waals surface area contributed by atoms with Crippen molar-refractivity contribution in [1.82, 2.24) is 10.2 Å². The second kappa shape index (κ2) is 3.85. The number of anilines is 1. The van der Waals surface area contributed by atoms with Gasteiger partial charge in [-0.3, -0.25) is 0 Å². The first-order valence-electron chi connectivity index (χ1n) is 3.71. The Labute approximate surface area is 102 Å². The molecule has 1 heterocycles. The summed E-state index contributed by atoms with van der Waals surface area (Å²) in [4.78, 5) is 0. The molecule has 2 rings (SSSR count). The van der Waals surface area contributed by atoms with Crippen LogP contribution in [0.1, 0.15) is 0 Å². The van der Waals surface area contributed by atoms with Gasteiger partial charge in [-0.05, 0) is 40.8 Å². The molecule has 0 aliphatic rings. The summed E-state index contributed by atoms with van der Waals surface area (Å²) in [6.07, 6.45) is 0. The second-order valence-corrected chi connectivity index (χ2v) is 4.65. The molecule has 0 aliphatic heterocycles. The largest absolute Gasteiger partial charge is 0.404 e. The van der Waals surface area contributed by atoms with Crippen LogP contribution in [0.4, 0.5) is 6.01 Å². The standard InChI is InChI=1S/C8H5BrIN3O/c9-4-1-2-6(10)5(3-4)7-12-13-8(11)14-7/h1-3H,(H2,11,13). The Morgan fingerprint density at radius 1 is 1.36 bits per heavy atom. The van der Waals surface area contributed by atoms with Crippen LogP contribution in [-0.4, -0.2) is 10.2 Å². The maximum absolute atomic E-state index is 5.35. The summed E-state index contributed by atoms with van der Waals surface area (Å²) in [5.41, 5.74) is 6.23. The molecule has 1 aromatic carbocycles. The molecule has 0 radical (unpaired) electrons. The van der Waals surface area contributed by atoms with Crippen molar-refractivity contribution in [1.29, 1.82) is 0 Å². The quantitative estimate of drug-likeness (QED) is 0.789. The second-order valence-electron chi connectivity index (χ2n) is 2.57. The molecule has 2 aromatic rings. The minimum Gasteiger partial charge on any atom is -0.404 e. The van der Waals surface area contributed by atoms with Crippen LogP contribution in [0.25, 0.3) is 11.5 Å². The van der Waals surface area contributed by atoms with E-state index in [1.807, 2.05) is 18.2 Å². The summed E-state index contributed by atoms with van der Waals surface area (Å²) in [5, 5.41) is 7.43. The fraction of sp³-hybridized carbons (Fsp3) is 0. The van der Waals surface area contributed by atoms with Crippen LogP contribution in [0.2, 0.25) is 0 Å². The fourth-order valence-electron chi connectivity index (χ4n) is 1.00. The molecule has 0 unspecified atom stereocenters. The average molecular weight is 366 g/mol. The van der Waals surface area contributed by atoms with E-state index in [1.54, 1.807) is 0 Å². The number of nitrogens with two attached hydrogens (primary N) is 1. The molecule has 0 bridgehead atoms. The van der Waals surface area contributed by atoms with Crippen molar-refractivity contribution in [2.45, 2.75) is 0 Å². The van der Waals surface area contributed by atoms with E-state index in [2.05, 4.69) is 48.7 Å². The Balaban J connectivity index is 2.55. The number of rotatable bonds is 1. The van der Waals surface area contributed by atoms with Crippen LogP contribution in [0.3, 0.4) is 0 Å². The highest BCUT2D eigenvalue weighted by molar-refractivity contribution is 14.1. The Hall–Kier alpha value is -0.630. The SMILES string of the molecule is Nc1nnc(-c2cc(Br)ccc2I)o1. The van der Waals surface area contributed by atoms with Crippen molar-refractivity contribution in [2.75, 3.05) is 5.73 Å². The van der Waals surface area contributed by atoms with Gasteiger partial charge in [0.1, 0.15) is 0 Å². The first-order valence-corrected chi connectivity index (χ1v) is 5.58. The van der Waals surface area contributed by atoms with E-state index in [1.165, 1.54) is 0 Å². The van der Waals surface area contributed by atoms with Crippen molar-refractivity contribution in [2.24, 2.45) is 0 Å². The van der Waals surface area contributed by atoms with Gasteiger partial charge in [0, 0.05) is 8.04 Å². The lowest BCUT2D eigenvalue weighted by atomic mass is 10.2. The van der Waals surface area contributed by atoms with E-state index in [9.17, 15) is 0 Å². The molecule has 0 amide bonds. The van der Waals surface area contributed by atoms with Crippen LogP contribution in [0.5, 0.6) is 0 Å². The van der Waals surface area contributed by atoms with Crippen LogP contribution >= 0.6 is 38.5 Å². The van der Waals surface area contributed by atoms with Gasteiger partial charge in [0.2, 0.25) is 0 Å². The number of nitrogen functional groups attached to an aromatic ring is 1. The highest BCUT2D eigenvalue weighted by Gasteiger charge is 2.10. The number of aromatic nitrogens is 2. The molecule has 0 aliphatic carbocycles. The van der Waals surface area contributed by atoms with E-state index in [4.69, 9.17) is 10.2 Å². The monoisotopic (exact) mass is 365 g/mol. The van der Waals surface area contributed by atoms with E-state index in [0.717, 1.165) is 13.6 Å². The first kappa shape index (κ1) is 9.91. The third-order valence-electron chi connectivity index (χ3n) is 1.60. The summed E-state index contributed by atoms with van der Waals surface area (Å²) in [6, 6.07) is 5.90. The zero-order chi connectivity index (χ0) is 10.1. The topological polar surface area (TPSA) is 64.9 Å². The summed E-state index contributed by atoms with van der Waals surface area (Å²) < 4.78 is 7.13. The van der Waals surface area contributed by atoms with Gasteiger partial charge in [0.15, 0.2) is 0 Å². The van der Waals surface area contributed by atoms with Crippen molar-refractivity contribution in [3.63, 3.8) is 0 Å². The third-order valence-corrected chi connectivity index (χ3v) is 3.03. The van der Waals surface area contributed by atoms with Crippen LogP contribution in [0, 0.1) is 3.57 Å². The Morgan fingerprint density at radius 3 is 2.79 bits per heavy atom. The van der Waals surface area contributed by atoms with Gasteiger partial charge in [-0.15, -0.1) is 5.10 Å². The lowest BCUT2D eigenvalue weighted by Gasteiger charge is -1.99. The summed E-state index contributed by atoms with van der Waals surface area (Å²) in [5.74, 6) is 0.438. The Kier molecular flexibility index (Phi) is 2.73. The lowest BCUT2D eigenvalue weighted by Crippen LogP contribution is -1.83. The maximum Gasteiger partial charge on any atom is 0.313 e. The molecular weight excluding hydrogens is 361 g/mol. The summed E-state index contributed by atoms with van der Waals surface area (Å²) in [6.45, 7) is 0. The number of benzene rings is 1. The van der Waals surface area contributed by atoms with Gasteiger partial charge in [-0.1, -0.05) is 21.0 Å². The van der Waals surface area contributed by atoms with Gasteiger partial charge in [-0.25, -0.2) is 0 Å². The third kappa shape index (κ3) is 1.90. The zero-order valence-electron chi connectivity index (χ0n) is 6.87. The maximum atomic E-state index is 5.35. The van der Waals surface area contributed by atoms with Crippen LogP contribution < -0.4 is 5.73 Å². The molecule has 4 nitrogen and oxygen atoms in total. The number of nitrogens with zero attached hydrogens (tertiary/aromatic N) is 2. The molecule has 72 valence electrons. The lowest BCUT2D eigenvalue weighted by molar-refractivity contribution is 0.590. The molecule has 14 heavy (non-hydrogen) atoms. The predicted molar refractivity (Wildman–Crippen MR) is 64.6 cm³/mol. The van der Waals surface area contributed by atoms with Gasteiger partial charge < -0.3 is 10.2 Å². The molecule has 0 spiro atoms. The molecule has 2 N–H and O–H groups in total. The minimum absolute atomic E-state index is 0.0794. The van der Waals surface area contributed by atoms with Crippen molar-refractivity contribution in [3.8, 4) is 11.5 Å². The minimum atomic E-state index is 0.0794. The number of hydrogen-bond donors (Lipinski definition) is 1. The number of hydrogen-bond acceptors (Lipinski definition) is 4. The van der Waals surface area contributed by atoms with Gasteiger partial charge >= 0.3 is 6.01 Å². The summed E-state index contributed by atoms with van der Waals surface area (Å²) in [7, 11) is 0. The molecule has 1 aromatic heterocycles. The fourth-order valence-corrected chi connectivity index (χ4v) is 1.93. The summed E-state index contributed by atoms with van der Waals surface area (Å²) >= 11 is 5.58. The average Bonchev–Trinajstić information content (AvgIpc) is 2.56. The van der Waals surface area contributed by atoms with E-state index < -0.39 is 0 Å². The smallest absolute Gasteiger partial charge is 0.313 e.